The molecule has 6 nitrogen and oxygen atoms in total. The van der Waals surface area contributed by atoms with Gasteiger partial charge < -0.3 is 15.2 Å². The molecule has 34 heavy (non-hydrogen) atoms. The van der Waals surface area contributed by atoms with Gasteiger partial charge in [-0.3, -0.25) is 9.80 Å². The maximum Gasteiger partial charge on any atom is 0.142 e. The highest BCUT2D eigenvalue weighted by atomic mass is 19.1. The minimum atomic E-state index is -0.308. The first-order valence-electron chi connectivity index (χ1n) is 12.7. The summed E-state index contributed by atoms with van der Waals surface area (Å²) in [6, 6.07) is 13.4. The molecule has 3 aromatic rings. The number of anilines is 1. The maximum atomic E-state index is 13.5. The quantitative estimate of drug-likeness (QED) is 0.555. The molecule has 182 valence electrons. The van der Waals surface area contributed by atoms with E-state index in [0.29, 0.717) is 12.1 Å². The Hall–Kier alpha value is -2.48. The van der Waals surface area contributed by atoms with Gasteiger partial charge in [0.25, 0.3) is 0 Å². The molecular formula is C27H37FN6. The lowest BCUT2D eigenvalue weighted by atomic mass is 10.0. The number of fused-ring (bicyclic) bond motifs is 1. The van der Waals surface area contributed by atoms with Gasteiger partial charge in [0.2, 0.25) is 0 Å². The van der Waals surface area contributed by atoms with E-state index in [1.165, 1.54) is 57.0 Å². The van der Waals surface area contributed by atoms with E-state index in [1.807, 2.05) is 6.07 Å². The van der Waals surface area contributed by atoms with E-state index in [2.05, 4.69) is 68.1 Å². The second kappa shape index (κ2) is 10.4. The Morgan fingerprint density at radius 2 is 1.85 bits per heavy atom. The Morgan fingerprint density at radius 3 is 2.62 bits per heavy atom. The second-order valence-electron chi connectivity index (χ2n) is 10.0. The van der Waals surface area contributed by atoms with Crippen molar-refractivity contribution < 1.29 is 4.39 Å². The van der Waals surface area contributed by atoms with Crippen LogP contribution in [0.3, 0.4) is 0 Å². The normalized spacial score (nSPS) is 18.9. The zero-order chi connectivity index (χ0) is 23.5. The first-order chi connectivity index (χ1) is 16.5. The number of nitrogens with zero attached hydrogens (tertiary/aromatic N) is 4. The predicted molar refractivity (Wildman–Crippen MR) is 138 cm³/mol. The van der Waals surface area contributed by atoms with Crippen molar-refractivity contribution in [3.63, 3.8) is 0 Å². The van der Waals surface area contributed by atoms with Crippen LogP contribution in [0, 0.1) is 5.82 Å². The summed E-state index contributed by atoms with van der Waals surface area (Å²) in [5, 5.41) is 4.61. The third-order valence-electron chi connectivity index (χ3n) is 7.45. The number of pyridine rings is 1. The van der Waals surface area contributed by atoms with Gasteiger partial charge in [0.15, 0.2) is 0 Å². The van der Waals surface area contributed by atoms with Gasteiger partial charge in [-0.2, -0.15) is 0 Å². The Kier molecular flexibility index (Phi) is 7.13. The average molecular weight is 465 g/mol. The fraction of sp³-hybridized carbons (Fsp3) is 0.519. The van der Waals surface area contributed by atoms with Crippen molar-refractivity contribution in [2.24, 2.45) is 0 Å². The van der Waals surface area contributed by atoms with Gasteiger partial charge in [-0.15, -0.1) is 0 Å². The van der Waals surface area contributed by atoms with Gasteiger partial charge in [0.1, 0.15) is 11.5 Å². The van der Waals surface area contributed by atoms with Crippen molar-refractivity contribution >= 4 is 16.7 Å². The molecule has 0 unspecified atom stereocenters. The lowest BCUT2D eigenvalue weighted by Gasteiger charge is -2.37. The minimum absolute atomic E-state index is 0.308. The zero-order valence-corrected chi connectivity index (χ0v) is 20.4. The molecule has 2 aromatic heterocycles. The van der Waals surface area contributed by atoms with E-state index in [4.69, 9.17) is 0 Å². The number of aromatic amines is 1. The van der Waals surface area contributed by atoms with E-state index in [1.54, 1.807) is 0 Å². The third kappa shape index (κ3) is 5.43. The summed E-state index contributed by atoms with van der Waals surface area (Å²) in [6.45, 7) is 13.7. The molecule has 0 atom stereocenters. The maximum absolute atomic E-state index is 13.5. The number of hydrogen-bond acceptors (Lipinski definition) is 5. The summed E-state index contributed by atoms with van der Waals surface area (Å²) in [4.78, 5) is 15.1. The first-order valence-corrected chi connectivity index (χ1v) is 12.7. The zero-order valence-electron chi connectivity index (χ0n) is 20.4. The molecule has 2 fully saturated rings. The van der Waals surface area contributed by atoms with Gasteiger partial charge >= 0.3 is 0 Å². The highest BCUT2D eigenvalue weighted by molar-refractivity contribution is 5.83. The number of halogens is 1. The van der Waals surface area contributed by atoms with Crippen molar-refractivity contribution in [3.8, 4) is 11.3 Å². The van der Waals surface area contributed by atoms with Crippen LogP contribution in [-0.4, -0.2) is 84.2 Å². The highest BCUT2D eigenvalue weighted by Crippen LogP contribution is 2.28. The summed E-state index contributed by atoms with van der Waals surface area (Å²) >= 11 is 0. The van der Waals surface area contributed by atoms with Crippen LogP contribution < -0.4 is 10.2 Å². The SMILES string of the molecule is CC(C)N1CCN(CCNC2CCN(c3cccc(-c4cc5cc(F)cnc5[nH]4)c3)CC2)CC1. The van der Waals surface area contributed by atoms with Crippen molar-refractivity contribution in [3.05, 3.63) is 48.4 Å². The Bertz CT molecular complexity index is 1080. The van der Waals surface area contributed by atoms with Gasteiger partial charge in [0.05, 0.1) is 6.20 Å². The Labute approximate surface area is 202 Å². The molecule has 0 amide bonds. The summed E-state index contributed by atoms with van der Waals surface area (Å²) in [7, 11) is 0. The predicted octanol–water partition coefficient (Wildman–Crippen LogP) is 3.95. The average Bonchev–Trinajstić information content (AvgIpc) is 3.28. The topological polar surface area (TPSA) is 50.4 Å². The number of H-pyrrole nitrogens is 1. The van der Waals surface area contributed by atoms with Crippen LogP contribution in [0.1, 0.15) is 26.7 Å². The molecular weight excluding hydrogens is 427 g/mol. The fourth-order valence-electron chi connectivity index (χ4n) is 5.29. The van der Waals surface area contributed by atoms with Crippen molar-refractivity contribution in [2.75, 3.05) is 57.3 Å². The summed E-state index contributed by atoms with van der Waals surface area (Å²) < 4.78 is 13.5. The largest absolute Gasteiger partial charge is 0.371 e. The van der Waals surface area contributed by atoms with Crippen LogP contribution in [0.2, 0.25) is 0 Å². The van der Waals surface area contributed by atoms with E-state index in [9.17, 15) is 4.39 Å². The van der Waals surface area contributed by atoms with Crippen molar-refractivity contribution in [1.82, 2.24) is 25.1 Å². The monoisotopic (exact) mass is 464 g/mol. The summed E-state index contributed by atoms with van der Waals surface area (Å²) in [6.07, 6.45) is 3.59. The molecule has 5 rings (SSSR count). The molecule has 2 aliphatic heterocycles. The third-order valence-corrected chi connectivity index (χ3v) is 7.45. The molecule has 2 saturated heterocycles. The first kappa shape index (κ1) is 23.3. The van der Waals surface area contributed by atoms with E-state index in [0.717, 1.165) is 48.5 Å². The van der Waals surface area contributed by atoms with Gasteiger partial charge in [-0.25, -0.2) is 9.37 Å². The fourth-order valence-corrected chi connectivity index (χ4v) is 5.29. The number of rotatable bonds is 7. The molecule has 2 N–H and O–H groups in total. The highest BCUT2D eigenvalue weighted by Gasteiger charge is 2.21. The summed E-state index contributed by atoms with van der Waals surface area (Å²) in [5.41, 5.74) is 4.04. The van der Waals surface area contributed by atoms with Crippen LogP contribution in [-0.2, 0) is 0 Å². The van der Waals surface area contributed by atoms with Gasteiger partial charge in [0, 0.05) is 86.8 Å². The minimum Gasteiger partial charge on any atom is -0.371 e. The van der Waals surface area contributed by atoms with Gasteiger partial charge in [-0.1, -0.05) is 12.1 Å². The van der Waals surface area contributed by atoms with Crippen LogP contribution in [0.5, 0.6) is 0 Å². The van der Waals surface area contributed by atoms with E-state index in [-0.39, 0.29) is 5.82 Å². The van der Waals surface area contributed by atoms with Crippen molar-refractivity contribution in [2.45, 2.75) is 38.8 Å². The summed E-state index contributed by atoms with van der Waals surface area (Å²) in [5.74, 6) is -0.308. The molecule has 0 aliphatic carbocycles. The van der Waals surface area contributed by atoms with Gasteiger partial charge in [-0.05, 0) is 51.0 Å². The molecule has 1 aromatic carbocycles. The molecule has 0 saturated carbocycles. The number of nitrogens with one attached hydrogen (secondary N) is 2. The number of aromatic nitrogens is 2. The van der Waals surface area contributed by atoms with E-state index >= 15 is 0 Å². The smallest absolute Gasteiger partial charge is 0.142 e. The van der Waals surface area contributed by atoms with Crippen LogP contribution in [0.4, 0.5) is 10.1 Å². The molecule has 4 heterocycles. The number of piperazine rings is 1. The standard InChI is InChI=1S/C27H37FN6/c1-20(2)33-14-12-32(13-15-33)11-8-29-24-6-9-34(10-7-24)25-5-3-4-21(17-25)26-18-22-16-23(28)19-30-27(22)31-26/h3-5,16-20,24,29H,6-15H2,1-2H3,(H,30,31). The molecule has 2 aliphatic rings. The molecule has 0 radical (unpaired) electrons. The molecule has 0 spiro atoms. The Morgan fingerprint density at radius 1 is 1.06 bits per heavy atom. The Balaban J connectivity index is 1.10. The van der Waals surface area contributed by atoms with Crippen LogP contribution in [0.15, 0.2) is 42.6 Å². The number of piperidine rings is 1. The van der Waals surface area contributed by atoms with Crippen molar-refractivity contribution in [1.29, 1.82) is 0 Å². The lowest BCUT2D eigenvalue weighted by Crippen LogP contribution is -2.51. The number of benzene rings is 1. The second-order valence-corrected chi connectivity index (χ2v) is 10.0. The molecule has 0 bridgehead atoms. The number of hydrogen-bond donors (Lipinski definition) is 2. The molecule has 7 heteroatoms. The lowest BCUT2D eigenvalue weighted by molar-refractivity contribution is 0.108. The van der Waals surface area contributed by atoms with Crippen LogP contribution >= 0.6 is 0 Å². The van der Waals surface area contributed by atoms with E-state index < -0.39 is 0 Å². The van der Waals surface area contributed by atoms with Crippen LogP contribution in [0.25, 0.3) is 22.3 Å².